The average Bonchev–Trinajstić information content (AvgIpc) is 2.58. The van der Waals surface area contributed by atoms with Gasteiger partial charge in [0.1, 0.15) is 0 Å². The Labute approximate surface area is 168 Å². The largest absolute Gasteiger partial charge is 0.493 e. The summed E-state index contributed by atoms with van der Waals surface area (Å²) < 4.78 is 6.34. The van der Waals surface area contributed by atoms with Crippen molar-refractivity contribution in [1.29, 1.82) is 0 Å². The molecule has 140 valence electrons. The van der Waals surface area contributed by atoms with E-state index in [1.165, 1.54) is 7.11 Å². The van der Waals surface area contributed by atoms with Gasteiger partial charge in [-0.15, -0.1) is 0 Å². The number of ether oxygens (including phenoxy) is 1. The van der Waals surface area contributed by atoms with Crippen LogP contribution in [0.3, 0.4) is 0 Å². The summed E-state index contributed by atoms with van der Waals surface area (Å²) in [5, 5.41) is 3.36. The molecule has 0 spiro atoms. The topological polar surface area (TPSA) is 51.2 Å². The van der Waals surface area contributed by atoms with Crippen LogP contribution in [0.4, 0.5) is 5.69 Å². The van der Waals surface area contributed by atoms with E-state index < -0.39 is 0 Å². The Morgan fingerprint density at radius 1 is 1.23 bits per heavy atom. The zero-order valence-electron chi connectivity index (χ0n) is 16.0. The number of hydrogen-bond acceptors (Lipinski definition) is 3. The van der Waals surface area contributed by atoms with Crippen molar-refractivity contribution >= 4 is 39.1 Å². The molecule has 0 aliphatic carbocycles. The fourth-order valence-electron chi connectivity index (χ4n) is 3.17. The standard InChI is InChI=1S/C20H24BrClN2O2/c1-7-13-9-10(3)16(21)14(8-2)18(13)24-20(25)15-11(4)23-12(5)19(26-6)17(15)22/h9H,7-8H2,1-6H3,(H,24,25). The van der Waals surface area contributed by atoms with Gasteiger partial charge in [-0.1, -0.05) is 47.4 Å². The Balaban J connectivity index is 2.58. The highest BCUT2D eigenvalue weighted by molar-refractivity contribution is 9.10. The van der Waals surface area contributed by atoms with Crippen molar-refractivity contribution in [2.75, 3.05) is 12.4 Å². The minimum atomic E-state index is -0.279. The Morgan fingerprint density at radius 3 is 2.42 bits per heavy atom. The van der Waals surface area contributed by atoms with Gasteiger partial charge in [-0.2, -0.15) is 0 Å². The maximum atomic E-state index is 13.1. The van der Waals surface area contributed by atoms with Crippen LogP contribution in [0.5, 0.6) is 5.75 Å². The summed E-state index contributed by atoms with van der Waals surface area (Å²) in [6, 6.07) is 2.10. The minimum absolute atomic E-state index is 0.279. The van der Waals surface area contributed by atoms with Crippen LogP contribution in [0.2, 0.25) is 5.02 Å². The van der Waals surface area contributed by atoms with Crippen LogP contribution in [0.25, 0.3) is 0 Å². The monoisotopic (exact) mass is 438 g/mol. The number of anilines is 1. The van der Waals surface area contributed by atoms with Crippen LogP contribution >= 0.6 is 27.5 Å². The number of methoxy groups -OCH3 is 1. The summed E-state index contributed by atoms with van der Waals surface area (Å²) in [4.78, 5) is 17.5. The number of nitrogens with zero attached hydrogens (tertiary/aromatic N) is 1. The molecule has 1 heterocycles. The van der Waals surface area contributed by atoms with Gasteiger partial charge in [-0.05, 0) is 50.3 Å². The Bertz CT molecular complexity index is 866. The molecule has 4 nitrogen and oxygen atoms in total. The number of hydrogen-bond donors (Lipinski definition) is 1. The number of carbonyl (C=O) groups is 1. The second-order valence-electron chi connectivity index (χ2n) is 6.19. The Kier molecular flexibility index (Phi) is 6.69. The third-order valence-electron chi connectivity index (χ3n) is 4.47. The molecule has 0 bridgehead atoms. The molecule has 0 unspecified atom stereocenters. The highest BCUT2D eigenvalue weighted by atomic mass is 79.9. The lowest BCUT2D eigenvalue weighted by molar-refractivity contribution is 0.102. The third-order valence-corrected chi connectivity index (χ3v) is 5.94. The lowest BCUT2D eigenvalue weighted by Gasteiger charge is -2.19. The zero-order valence-corrected chi connectivity index (χ0v) is 18.4. The van der Waals surface area contributed by atoms with Crippen LogP contribution in [0.15, 0.2) is 10.5 Å². The van der Waals surface area contributed by atoms with E-state index in [1.54, 1.807) is 13.8 Å². The van der Waals surface area contributed by atoms with E-state index in [2.05, 4.69) is 53.1 Å². The minimum Gasteiger partial charge on any atom is -0.493 e. The number of carbonyl (C=O) groups excluding carboxylic acids is 1. The number of aryl methyl sites for hydroxylation is 4. The molecule has 0 aliphatic heterocycles. The van der Waals surface area contributed by atoms with Gasteiger partial charge in [-0.25, -0.2) is 0 Å². The van der Waals surface area contributed by atoms with Crippen LogP contribution in [-0.4, -0.2) is 18.0 Å². The van der Waals surface area contributed by atoms with Crippen LogP contribution in [0, 0.1) is 20.8 Å². The quantitative estimate of drug-likeness (QED) is 0.639. The van der Waals surface area contributed by atoms with Gasteiger partial charge in [0.2, 0.25) is 0 Å². The van der Waals surface area contributed by atoms with Crippen LogP contribution in [0.1, 0.15) is 52.3 Å². The highest BCUT2D eigenvalue weighted by Crippen LogP contribution is 2.36. The number of nitrogens with one attached hydrogen (secondary N) is 1. The van der Waals surface area contributed by atoms with Gasteiger partial charge < -0.3 is 10.1 Å². The van der Waals surface area contributed by atoms with E-state index in [9.17, 15) is 4.79 Å². The van der Waals surface area contributed by atoms with E-state index in [4.69, 9.17) is 16.3 Å². The van der Waals surface area contributed by atoms with Gasteiger partial charge in [0, 0.05) is 10.2 Å². The maximum Gasteiger partial charge on any atom is 0.259 e. The van der Waals surface area contributed by atoms with Gasteiger partial charge in [0.05, 0.1) is 29.1 Å². The van der Waals surface area contributed by atoms with Crippen molar-refractivity contribution in [2.45, 2.75) is 47.5 Å². The molecule has 2 aromatic rings. The first-order chi connectivity index (χ1) is 12.3. The summed E-state index contributed by atoms with van der Waals surface area (Å²) in [5.41, 5.74) is 5.75. The maximum absolute atomic E-state index is 13.1. The van der Waals surface area contributed by atoms with Crippen molar-refractivity contribution in [2.24, 2.45) is 0 Å². The molecule has 1 aromatic carbocycles. The number of benzene rings is 1. The summed E-state index contributed by atoms with van der Waals surface area (Å²) in [6.45, 7) is 9.79. The molecule has 0 saturated carbocycles. The van der Waals surface area contributed by atoms with Crippen LogP contribution < -0.4 is 10.1 Å². The molecular formula is C20H24BrClN2O2. The second-order valence-corrected chi connectivity index (χ2v) is 7.36. The fourth-order valence-corrected chi connectivity index (χ4v) is 4.20. The number of halogens is 2. The molecule has 0 saturated heterocycles. The van der Waals surface area contributed by atoms with Crippen molar-refractivity contribution in [3.05, 3.63) is 49.2 Å². The molecule has 1 N–H and O–H groups in total. The predicted molar refractivity (Wildman–Crippen MR) is 111 cm³/mol. The average molecular weight is 440 g/mol. The number of rotatable bonds is 5. The van der Waals surface area contributed by atoms with Gasteiger partial charge in [-0.3, -0.25) is 9.78 Å². The smallest absolute Gasteiger partial charge is 0.259 e. The summed E-state index contributed by atoms with van der Waals surface area (Å²) in [5.74, 6) is 0.150. The lowest BCUT2D eigenvalue weighted by Crippen LogP contribution is -2.18. The molecule has 0 fully saturated rings. The zero-order chi connectivity index (χ0) is 19.6. The molecule has 0 radical (unpaired) electrons. The summed E-state index contributed by atoms with van der Waals surface area (Å²) in [7, 11) is 1.52. The molecule has 2 rings (SSSR count). The molecule has 26 heavy (non-hydrogen) atoms. The van der Waals surface area contributed by atoms with Crippen molar-refractivity contribution in [3.63, 3.8) is 0 Å². The molecule has 0 aliphatic rings. The molecular weight excluding hydrogens is 416 g/mol. The fraction of sp³-hybridized carbons (Fsp3) is 0.400. The van der Waals surface area contributed by atoms with Gasteiger partial charge in [0.15, 0.2) is 5.75 Å². The third kappa shape index (κ3) is 3.74. The van der Waals surface area contributed by atoms with Crippen LogP contribution in [-0.2, 0) is 12.8 Å². The SMILES string of the molecule is CCc1cc(C)c(Br)c(CC)c1NC(=O)c1c(C)nc(C)c(OC)c1Cl. The van der Waals surface area contributed by atoms with Crippen molar-refractivity contribution in [1.82, 2.24) is 4.98 Å². The van der Waals surface area contributed by atoms with E-state index in [0.717, 1.165) is 39.7 Å². The van der Waals surface area contributed by atoms with Crippen molar-refractivity contribution < 1.29 is 9.53 Å². The first-order valence-electron chi connectivity index (χ1n) is 8.59. The Hall–Kier alpha value is -1.59. The lowest BCUT2D eigenvalue weighted by atomic mass is 9.99. The molecule has 1 aromatic heterocycles. The Morgan fingerprint density at radius 2 is 1.88 bits per heavy atom. The number of pyridine rings is 1. The molecule has 1 amide bonds. The summed E-state index contributed by atoms with van der Waals surface area (Å²) in [6.07, 6.45) is 1.62. The van der Waals surface area contributed by atoms with Gasteiger partial charge in [0.25, 0.3) is 5.91 Å². The van der Waals surface area contributed by atoms with E-state index in [1.807, 2.05) is 0 Å². The summed E-state index contributed by atoms with van der Waals surface area (Å²) >= 11 is 10.1. The first-order valence-corrected chi connectivity index (χ1v) is 9.76. The number of aromatic nitrogens is 1. The predicted octanol–water partition coefficient (Wildman–Crippen LogP) is 5.81. The second kappa shape index (κ2) is 8.40. The van der Waals surface area contributed by atoms with E-state index in [-0.39, 0.29) is 10.9 Å². The highest BCUT2D eigenvalue weighted by Gasteiger charge is 2.23. The molecule has 0 atom stereocenters. The van der Waals surface area contributed by atoms with Crippen molar-refractivity contribution in [3.8, 4) is 5.75 Å². The van der Waals surface area contributed by atoms with E-state index >= 15 is 0 Å². The first kappa shape index (κ1) is 20.7. The van der Waals surface area contributed by atoms with E-state index in [0.29, 0.717) is 22.7 Å². The molecule has 6 heteroatoms. The van der Waals surface area contributed by atoms with Gasteiger partial charge >= 0.3 is 0 Å². The number of amides is 1. The normalized spacial score (nSPS) is 10.8.